The Kier molecular flexibility index (Phi) is 14.3. The van der Waals surface area contributed by atoms with E-state index in [2.05, 4.69) is 20.4 Å². The number of carbonyl (C=O) groups is 2. The number of rotatable bonds is 12. The molecular formula is C29H40O4. The van der Waals surface area contributed by atoms with Crippen molar-refractivity contribution >= 4 is 11.9 Å². The number of hydrogen-bond donors (Lipinski definition) is 0. The molecule has 0 amide bonds. The molecule has 0 radical (unpaired) electrons. The molecule has 3 unspecified atom stereocenters. The monoisotopic (exact) mass is 452 g/mol. The van der Waals surface area contributed by atoms with Crippen LogP contribution in [0.3, 0.4) is 0 Å². The molecule has 0 fully saturated rings. The standard InChI is InChI=1S/C21H24O4.C8H16/c1-3-10-19(25-21(23)18-13-8-5-9-14-18)15-16(2)24-20(22)17-11-6-4-7-12-17;1-4-6-7-8(3)5-2/h4-9,11-14,16,19H,3,10,15H2,1-2H3;5,8H,2,4,6-7H2,1,3H3. The number of benzene rings is 2. The molecule has 0 N–H and O–H groups in total. The molecule has 180 valence electrons. The fourth-order valence-corrected chi connectivity index (χ4v) is 3.23. The molecule has 2 aromatic rings. The summed E-state index contributed by atoms with van der Waals surface area (Å²) in [5, 5.41) is 0. The molecule has 0 bridgehead atoms. The van der Waals surface area contributed by atoms with Crippen LogP contribution in [0.2, 0.25) is 0 Å². The summed E-state index contributed by atoms with van der Waals surface area (Å²) in [5.41, 5.74) is 1.04. The summed E-state index contributed by atoms with van der Waals surface area (Å²) in [6.07, 6.45) is 7.44. The summed E-state index contributed by atoms with van der Waals surface area (Å²) in [5.74, 6) is 0.00770. The highest BCUT2D eigenvalue weighted by Crippen LogP contribution is 2.16. The Morgan fingerprint density at radius 1 is 0.818 bits per heavy atom. The van der Waals surface area contributed by atoms with Gasteiger partial charge in [-0.2, -0.15) is 0 Å². The minimum Gasteiger partial charge on any atom is -0.459 e. The van der Waals surface area contributed by atoms with Crippen LogP contribution in [0, 0.1) is 5.92 Å². The van der Waals surface area contributed by atoms with Crippen LogP contribution in [0.25, 0.3) is 0 Å². The Morgan fingerprint density at radius 2 is 1.33 bits per heavy atom. The summed E-state index contributed by atoms with van der Waals surface area (Å²) in [4.78, 5) is 24.3. The van der Waals surface area contributed by atoms with Crippen LogP contribution in [-0.4, -0.2) is 24.1 Å². The minimum atomic E-state index is -0.363. The van der Waals surface area contributed by atoms with E-state index in [1.807, 2.05) is 32.1 Å². The second-order valence-corrected chi connectivity index (χ2v) is 8.35. The van der Waals surface area contributed by atoms with Gasteiger partial charge in [0, 0.05) is 6.42 Å². The normalized spacial score (nSPS) is 13.0. The van der Waals surface area contributed by atoms with Gasteiger partial charge in [-0.05, 0) is 49.9 Å². The van der Waals surface area contributed by atoms with Crippen molar-refractivity contribution in [2.45, 2.75) is 78.4 Å². The number of esters is 2. The lowest BCUT2D eigenvalue weighted by Crippen LogP contribution is -2.25. The zero-order valence-electron chi connectivity index (χ0n) is 20.7. The fraction of sp³-hybridized carbons (Fsp3) is 0.448. The number of ether oxygens (including phenoxy) is 2. The second-order valence-electron chi connectivity index (χ2n) is 8.35. The number of carbonyl (C=O) groups excluding carboxylic acids is 2. The van der Waals surface area contributed by atoms with Crippen LogP contribution in [0.1, 0.15) is 86.9 Å². The van der Waals surface area contributed by atoms with E-state index in [0.717, 1.165) is 18.8 Å². The molecule has 33 heavy (non-hydrogen) atoms. The van der Waals surface area contributed by atoms with Gasteiger partial charge in [0.15, 0.2) is 0 Å². The van der Waals surface area contributed by atoms with Gasteiger partial charge in [-0.3, -0.25) is 0 Å². The van der Waals surface area contributed by atoms with Crippen molar-refractivity contribution in [3.63, 3.8) is 0 Å². The minimum absolute atomic E-state index is 0.281. The van der Waals surface area contributed by atoms with Crippen LogP contribution >= 0.6 is 0 Å². The van der Waals surface area contributed by atoms with E-state index in [4.69, 9.17) is 9.47 Å². The molecule has 0 saturated carbocycles. The van der Waals surface area contributed by atoms with Crippen molar-refractivity contribution in [3.05, 3.63) is 84.4 Å². The van der Waals surface area contributed by atoms with E-state index >= 15 is 0 Å². The van der Waals surface area contributed by atoms with Gasteiger partial charge in [0.2, 0.25) is 0 Å². The van der Waals surface area contributed by atoms with Crippen LogP contribution < -0.4 is 0 Å². The van der Waals surface area contributed by atoms with E-state index < -0.39 is 0 Å². The average molecular weight is 453 g/mol. The first kappa shape index (κ1) is 28.2. The maximum absolute atomic E-state index is 12.2. The van der Waals surface area contributed by atoms with Crippen LogP contribution in [0.5, 0.6) is 0 Å². The fourth-order valence-electron chi connectivity index (χ4n) is 3.23. The van der Waals surface area contributed by atoms with Gasteiger partial charge in [0.25, 0.3) is 0 Å². The molecule has 0 saturated heterocycles. The van der Waals surface area contributed by atoms with E-state index in [1.54, 1.807) is 48.5 Å². The molecule has 2 aromatic carbocycles. The zero-order chi connectivity index (χ0) is 24.5. The first-order chi connectivity index (χ1) is 15.9. The van der Waals surface area contributed by atoms with Crippen LogP contribution in [0.4, 0.5) is 0 Å². The predicted molar refractivity (Wildman–Crippen MR) is 135 cm³/mol. The van der Waals surface area contributed by atoms with Crippen molar-refractivity contribution in [2.24, 2.45) is 5.92 Å². The van der Waals surface area contributed by atoms with Crippen molar-refractivity contribution in [1.82, 2.24) is 0 Å². The lowest BCUT2D eigenvalue weighted by atomic mass is 10.1. The van der Waals surface area contributed by atoms with E-state index in [-0.39, 0.29) is 24.1 Å². The summed E-state index contributed by atoms with van der Waals surface area (Å²) in [7, 11) is 0. The molecule has 4 heteroatoms. The molecule has 0 aromatic heterocycles. The molecule has 0 aliphatic heterocycles. The number of allylic oxidation sites excluding steroid dienone is 1. The number of hydrogen-bond acceptors (Lipinski definition) is 4. The van der Waals surface area contributed by atoms with Gasteiger partial charge in [-0.15, -0.1) is 6.58 Å². The van der Waals surface area contributed by atoms with Crippen molar-refractivity contribution in [1.29, 1.82) is 0 Å². The lowest BCUT2D eigenvalue weighted by Gasteiger charge is -2.21. The third-order valence-electron chi connectivity index (χ3n) is 5.22. The van der Waals surface area contributed by atoms with Crippen molar-refractivity contribution < 1.29 is 19.1 Å². The third-order valence-corrected chi connectivity index (χ3v) is 5.22. The van der Waals surface area contributed by atoms with Gasteiger partial charge >= 0.3 is 11.9 Å². The largest absolute Gasteiger partial charge is 0.459 e. The Bertz CT molecular complexity index is 801. The van der Waals surface area contributed by atoms with Gasteiger partial charge in [0.1, 0.15) is 12.2 Å². The molecule has 0 aliphatic rings. The number of unbranched alkanes of at least 4 members (excludes halogenated alkanes) is 1. The highest BCUT2D eigenvalue weighted by molar-refractivity contribution is 5.90. The second kappa shape index (κ2) is 16.7. The molecule has 2 rings (SSSR count). The molecule has 4 nitrogen and oxygen atoms in total. The van der Waals surface area contributed by atoms with Gasteiger partial charge < -0.3 is 9.47 Å². The molecule has 0 heterocycles. The van der Waals surface area contributed by atoms with Crippen LogP contribution in [0.15, 0.2) is 73.3 Å². The van der Waals surface area contributed by atoms with Crippen molar-refractivity contribution in [3.8, 4) is 0 Å². The Hall–Kier alpha value is -2.88. The van der Waals surface area contributed by atoms with E-state index in [9.17, 15) is 9.59 Å². The molecule has 0 aliphatic carbocycles. The SMILES string of the molecule is C=CC(C)CCCC.CCCC(CC(C)OC(=O)c1ccccc1)OC(=O)c1ccccc1. The Morgan fingerprint density at radius 3 is 1.79 bits per heavy atom. The summed E-state index contributed by atoms with van der Waals surface area (Å²) in [6.45, 7) is 12.0. The summed E-state index contributed by atoms with van der Waals surface area (Å²) < 4.78 is 11.1. The molecular weight excluding hydrogens is 412 g/mol. The lowest BCUT2D eigenvalue weighted by molar-refractivity contribution is 0.00162. The zero-order valence-corrected chi connectivity index (χ0v) is 20.7. The smallest absolute Gasteiger partial charge is 0.338 e. The molecule has 3 atom stereocenters. The Balaban J connectivity index is 0.000000582. The van der Waals surface area contributed by atoms with Gasteiger partial charge in [-0.25, -0.2) is 9.59 Å². The maximum atomic E-state index is 12.2. The topological polar surface area (TPSA) is 52.6 Å². The molecule has 0 spiro atoms. The third kappa shape index (κ3) is 12.1. The highest BCUT2D eigenvalue weighted by Gasteiger charge is 2.21. The first-order valence-corrected chi connectivity index (χ1v) is 12.1. The van der Waals surface area contributed by atoms with Crippen LogP contribution in [-0.2, 0) is 9.47 Å². The summed E-state index contributed by atoms with van der Waals surface area (Å²) >= 11 is 0. The average Bonchev–Trinajstić information content (AvgIpc) is 2.84. The van der Waals surface area contributed by atoms with Crippen molar-refractivity contribution in [2.75, 3.05) is 0 Å². The first-order valence-electron chi connectivity index (χ1n) is 12.1. The van der Waals surface area contributed by atoms with Gasteiger partial charge in [-0.1, -0.05) is 82.5 Å². The predicted octanol–water partition coefficient (Wildman–Crippen LogP) is 7.65. The highest BCUT2D eigenvalue weighted by atomic mass is 16.6. The Labute approximate surface area is 200 Å². The van der Waals surface area contributed by atoms with E-state index in [1.165, 1.54) is 19.3 Å². The quantitative estimate of drug-likeness (QED) is 0.245. The van der Waals surface area contributed by atoms with Gasteiger partial charge in [0.05, 0.1) is 11.1 Å². The van der Waals surface area contributed by atoms with E-state index in [0.29, 0.717) is 17.5 Å². The maximum Gasteiger partial charge on any atom is 0.338 e. The summed E-state index contributed by atoms with van der Waals surface area (Å²) in [6, 6.07) is 17.8.